The molecule has 0 unspecified atom stereocenters. The average Bonchev–Trinajstić information content (AvgIpc) is 2.75. The normalized spacial score (nSPS) is 10.4. The van der Waals surface area contributed by atoms with Crippen LogP contribution in [0.25, 0.3) is 0 Å². The second kappa shape index (κ2) is 13.4. The van der Waals surface area contributed by atoms with E-state index in [4.69, 9.17) is 10.5 Å². The summed E-state index contributed by atoms with van der Waals surface area (Å²) in [5.74, 6) is 0. The minimum absolute atomic E-state index is 0.747. The molecule has 0 radical (unpaired) electrons. The van der Waals surface area contributed by atoms with Crippen molar-refractivity contribution in [3.8, 4) is 12.1 Å². The first-order chi connectivity index (χ1) is 13.8. The lowest BCUT2D eigenvalue weighted by molar-refractivity contribution is -0.700. The molecule has 2 heterocycles. The maximum absolute atomic E-state index is 9.09. The van der Waals surface area contributed by atoms with Crippen molar-refractivity contribution in [1.82, 2.24) is 0 Å². The van der Waals surface area contributed by atoms with Gasteiger partial charge < -0.3 is 0 Å². The van der Waals surface area contributed by atoms with Crippen LogP contribution in [0.1, 0.15) is 75.6 Å². The lowest BCUT2D eigenvalue weighted by atomic mass is 10.1. The third-order valence-electron chi connectivity index (χ3n) is 5.16. The molecule has 0 aliphatic carbocycles. The van der Waals surface area contributed by atoms with Crippen molar-refractivity contribution >= 4 is 0 Å². The first-order valence-corrected chi connectivity index (χ1v) is 10.6. The van der Waals surface area contributed by atoms with Crippen molar-refractivity contribution in [2.45, 2.75) is 77.3 Å². The fraction of sp³-hybridized carbons (Fsp3) is 0.500. The molecule has 0 saturated carbocycles. The first-order valence-electron chi connectivity index (χ1n) is 10.6. The molecule has 146 valence electrons. The average molecular weight is 377 g/mol. The molecule has 0 aliphatic rings. The van der Waals surface area contributed by atoms with Crippen LogP contribution in [-0.2, 0) is 13.1 Å². The molecule has 2 aromatic rings. The van der Waals surface area contributed by atoms with Gasteiger partial charge in [-0.2, -0.15) is 19.7 Å². The quantitative estimate of drug-likeness (QED) is 0.379. The van der Waals surface area contributed by atoms with E-state index in [1.807, 2.05) is 57.9 Å². The van der Waals surface area contributed by atoms with Crippen LogP contribution in [-0.4, -0.2) is 0 Å². The number of hydrogen-bond acceptors (Lipinski definition) is 2. The number of aryl methyl sites for hydroxylation is 2. The number of aromatic nitrogens is 2. The zero-order valence-electron chi connectivity index (χ0n) is 16.9. The van der Waals surface area contributed by atoms with Crippen LogP contribution in [0.15, 0.2) is 48.8 Å². The van der Waals surface area contributed by atoms with Crippen LogP contribution in [0.3, 0.4) is 0 Å². The Labute approximate surface area is 169 Å². The Hall–Kier alpha value is -2.72. The van der Waals surface area contributed by atoms with Crippen LogP contribution in [0.2, 0.25) is 0 Å². The van der Waals surface area contributed by atoms with Crippen molar-refractivity contribution in [3.63, 3.8) is 0 Å². The summed E-state index contributed by atoms with van der Waals surface area (Å²) in [5.41, 5.74) is 1.49. The molecule has 0 atom stereocenters. The topological polar surface area (TPSA) is 55.3 Å². The van der Waals surface area contributed by atoms with Gasteiger partial charge in [-0.3, -0.25) is 0 Å². The lowest BCUT2D eigenvalue weighted by Crippen LogP contribution is -2.36. The van der Waals surface area contributed by atoms with Gasteiger partial charge in [0.05, 0.1) is 0 Å². The van der Waals surface area contributed by atoms with E-state index in [1.165, 1.54) is 51.4 Å². The van der Waals surface area contributed by atoms with Gasteiger partial charge in [0, 0.05) is 37.1 Å². The summed E-state index contributed by atoms with van der Waals surface area (Å²) in [7, 11) is 0. The van der Waals surface area contributed by atoms with Crippen molar-refractivity contribution in [1.29, 1.82) is 10.5 Å². The van der Waals surface area contributed by atoms with Crippen molar-refractivity contribution in [2.75, 3.05) is 0 Å². The lowest BCUT2D eigenvalue weighted by Gasteiger charge is -2.02. The summed E-state index contributed by atoms with van der Waals surface area (Å²) < 4.78 is 4.10. The van der Waals surface area contributed by atoms with E-state index < -0.39 is 0 Å². The maximum atomic E-state index is 9.09. The largest absolute Gasteiger partial charge is 0.283 e. The van der Waals surface area contributed by atoms with Gasteiger partial charge in [-0.1, -0.05) is 38.5 Å². The molecule has 0 spiro atoms. The zero-order chi connectivity index (χ0) is 19.9. The molecule has 0 aromatic carbocycles. The number of nitriles is 2. The summed E-state index contributed by atoms with van der Waals surface area (Å²) in [6.45, 7) is 1.88. The predicted molar refractivity (Wildman–Crippen MR) is 109 cm³/mol. The molecule has 2 rings (SSSR count). The van der Waals surface area contributed by atoms with E-state index in [0.717, 1.165) is 37.3 Å². The molecule has 4 nitrogen and oxygen atoms in total. The van der Waals surface area contributed by atoms with E-state index in [1.54, 1.807) is 0 Å². The highest BCUT2D eigenvalue weighted by Gasteiger charge is 2.08. The Balaban J connectivity index is 1.42. The predicted octanol–water partition coefficient (Wildman–Crippen LogP) is 4.61. The SMILES string of the molecule is N#Cc1cccc[n+]1CCCCCCCCCCCC[n+]1ccccc1C#N. The van der Waals surface area contributed by atoms with Gasteiger partial charge >= 0.3 is 0 Å². The highest BCUT2D eigenvalue weighted by molar-refractivity contribution is 5.13. The molecular weight excluding hydrogens is 344 g/mol. The van der Waals surface area contributed by atoms with Gasteiger partial charge in [-0.15, -0.1) is 0 Å². The molecule has 0 saturated heterocycles. The third kappa shape index (κ3) is 7.89. The molecule has 0 amide bonds. The Morgan fingerprint density at radius 1 is 0.536 bits per heavy atom. The highest BCUT2D eigenvalue weighted by Crippen LogP contribution is 2.10. The van der Waals surface area contributed by atoms with Gasteiger partial charge in [0.2, 0.25) is 0 Å². The molecule has 0 bridgehead atoms. The van der Waals surface area contributed by atoms with E-state index in [9.17, 15) is 0 Å². The van der Waals surface area contributed by atoms with Gasteiger partial charge in [0.1, 0.15) is 13.1 Å². The number of hydrogen-bond donors (Lipinski definition) is 0. The Bertz CT molecular complexity index is 718. The van der Waals surface area contributed by atoms with Crippen LogP contribution >= 0.6 is 0 Å². The van der Waals surface area contributed by atoms with Gasteiger partial charge in [-0.25, -0.2) is 0 Å². The minimum Gasteiger partial charge on any atom is -0.190 e. The minimum atomic E-state index is 0.747. The summed E-state index contributed by atoms with van der Waals surface area (Å²) in [6, 6.07) is 16.1. The third-order valence-corrected chi connectivity index (χ3v) is 5.16. The molecule has 2 aromatic heterocycles. The summed E-state index contributed by atoms with van der Waals surface area (Å²) in [6.07, 6.45) is 16.6. The molecule has 4 heteroatoms. The van der Waals surface area contributed by atoms with Crippen LogP contribution in [0.5, 0.6) is 0 Å². The molecule has 0 aliphatic heterocycles. The van der Waals surface area contributed by atoms with Crippen molar-refractivity contribution in [3.05, 3.63) is 60.2 Å². The number of pyridine rings is 2. The standard InChI is InChI=1S/C24H32N4/c25-21-23-15-9-13-19-27(23)17-11-7-5-3-1-2-4-6-8-12-18-28-20-14-10-16-24(28)22-26/h9-10,13-16,19-20H,1-8,11-12,17-18H2/q+2. The Morgan fingerprint density at radius 3 is 1.25 bits per heavy atom. The summed E-state index contributed by atoms with van der Waals surface area (Å²) >= 11 is 0. The highest BCUT2D eigenvalue weighted by atomic mass is 15.0. The summed E-state index contributed by atoms with van der Waals surface area (Å²) in [5, 5.41) is 18.2. The Kier molecular flexibility index (Phi) is 10.4. The second-order valence-electron chi connectivity index (χ2n) is 7.32. The fourth-order valence-electron chi connectivity index (χ4n) is 3.52. The number of nitrogens with zero attached hydrogens (tertiary/aromatic N) is 4. The number of unbranched alkanes of at least 4 members (excludes halogenated alkanes) is 9. The van der Waals surface area contributed by atoms with E-state index in [0.29, 0.717) is 0 Å². The maximum Gasteiger partial charge on any atom is 0.283 e. The smallest absolute Gasteiger partial charge is 0.190 e. The van der Waals surface area contributed by atoms with E-state index in [-0.39, 0.29) is 0 Å². The molecular formula is C24H32N4+2. The van der Waals surface area contributed by atoms with Crippen LogP contribution in [0.4, 0.5) is 0 Å². The van der Waals surface area contributed by atoms with Gasteiger partial charge in [0.15, 0.2) is 24.5 Å². The van der Waals surface area contributed by atoms with Gasteiger partial charge in [0.25, 0.3) is 11.4 Å². The van der Waals surface area contributed by atoms with E-state index >= 15 is 0 Å². The monoisotopic (exact) mass is 376 g/mol. The zero-order valence-corrected chi connectivity index (χ0v) is 16.9. The first kappa shape index (κ1) is 21.6. The second-order valence-corrected chi connectivity index (χ2v) is 7.32. The Morgan fingerprint density at radius 2 is 0.893 bits per heavy atom. The van der Waals surface area contributed by atoms with Gasteiger partial charge in [-0.05, 0) is 25.0 Å². The molecule has 0 fully saturated rings. The van der Waals surface area contributed by atoms with Crippen LogP contribution < -0.4 is 9.13 Å². The molecule has 0 N–H and O–H groups in total. The molecule has 28 heavy (non-hydrogen) atoms. The fourth-order valence-corrected chi connectivity index (χ4v) is 3.52. The van der Waals surface area contributed by atoms with Crippen molar-refractivity contribution < 1.29 is 9.13 Å². The summed E-state index contributed by atoms with van der Waals surface area (Å²) in [4.78, 5) is 0. The van der Waals surface area contributed by atoms with Crippen molar-refractivity contribution in [2.24, 2.45) is 0 Å². The number of rotatable bonds is 13. The van der Waals surface area contributed by atoms with E-state index in [2.05, 4.69) is 12.1 Å². The van der Waals surface area contributed by atoms with Crippen LogP contribution in [0, 0.1) is 22.7 Å².